The lowest BCUT2D eigenvalue weighted by Crippen LogP contribution is -2.64. The smallest absolute Gasteiger partial charge is 0.113 e. The highest BCUT2D eigenvalue weighted by Gasteiger charge is 2.69. The molecule has 0 radical (unpaired) electrons. The van der Waals surface area contributed by atoms with Crippen molar-refractivity contribution in [2.24, 2.45) is 59.2 Å². The standard InChI is InChI=1S/C24H36O3/c25-21-16-10-12-9-8-11-4-3-7-14-13-5-1-2-6-15(13)19(18(12)17(11)14)20(16)23-24(27-23)22(21)26/h11-26H,1-10H2. The second-order valence-corrected chi connectivity index (χ2v) is 11.6. The molecule has 1 heterocycles. The van der Waals surface area contributed by atoms with Crippen LogP contribution in [0.1, 0.15) is 64.2 Å². The number of hydrogen-bond acceptors (Lipinski definition) is 3. The molecule has 2 N–H and O–H groups in total. The van der Waals surface area contributed by atoms with Crippen molar-refractivity contribution in [1.82, 2.24) is 0 Å². The van der Waals surface area contributed by atoms with Gasteiger partial charge in [0.15, 0.2) is 0 Å². The van der Waals surface area contributed by atoms with E-state index in [0.29, 0.717) is 11.8 Å². The van der Waals surface area contributed by atoms with E-state index in [-0.39, 0.29) is 12.2 Å². The number of aliphatic hydroxyl groups is 2. The van der Waals surface area contributed by atoms with Crippen molar-refractivity contribution < 1.29 is 14.9 Å². The average molecular weight is 373 g/mol. The number of hydrogen-bond donors (Lipinski definition) is 2. The zero-order valence-corrected chi connectivity index (χ0v) is 16.5. The van der Waals surface area contributed by atoms with E-state index in [1.165, 1.54) is 64.2 Å². The monoisotopic (exact) mass is 372 g/mol. The third-order valence-corrected chi connectivity index (χ3v) is 11.0. The van der Waals surface area contributed by atoms with Gasteiger partial charge in [0, 0.05) is 0 Å². The molecule has 0 bridgehead atoms. The van der Waals surface area contributed by atoms with Gasteiger partial charge in [-0.05, 0) is 97.7 Å². The van der Waals surface area contributed by atoms with Gasteiger partial charge >= 0.3 is 0 Å². The van der Waals surface area contributed by atoms with Crippen molar-refractivity contribution in [3.63, 3.8) is 0 Å². The topological polar surface area (TPSA) is 53.0 Å². The van der Waals surface area contributed by atoms with Crippen LogP contribution in [-0.2, 0) is 4.74 Å². The molecule has 1 aliphatic heterocycles. The predicted octanol–water partition coefficient (Wildman–Crippen LogP) is 3.62. The van der Waals surface area contributed by atoms with E-state index in [4.69, 9.17) is 4.74 Å². The van der Waals surface area contributed by atoms with Crippen molar-refractivity contribution in [3.05, 3.63) is 0 Å². The first-order valence-corrected chi connectivity index (χ1v) is 12.3. The maximum Gasteiger partial charge on any atom is 0.113 e. The maximum atomic E-state index is 11.0. The summed E-state index contributed by atoms with van der Waals surface area (Å²) in [5.74, 6) is 8.24. The Morgan fingerprint density at radius 2 is 1.26 bits per heavy atom. The van der Waals surface area contributed by atoms with Crippen LogP contribution in [0.2, 0.25) is 0 Å². The minimum atomic E-state index is -0.627. The highest BCUT2D eigenvalue weighted by molar-refractivity contribution is 5.17. The van der Waals surface area contributed by atoms with Gasteiger partial charge in [-0.25, -0.2) is 0 Å². The Morgan fingerprint density at radius 1 is 0.519 bits per heavy atom. The molecule has 0 aromatic rings. The number of rotatable bonds is 0. The Morgan fingerprint density at radius 3 is 2.15 bits per heavy atom. The summed E-state index contributed by atoms with van der Waals surface area (Å²) in [5.41, 5.74) is 0. The molecule has 0 spiro atoms. The van der Waals surface area contributed by atoms with Crippen molar-refractivity contribution in [1.29, 1.82) is 0 Å². The van der Waals surface area contributed by atoms with Gasteiger partial charge in [0.1, 0.15) is 12.2 Å². The Bertz CT molecular complexity index is 621. The van der Waals surface area contributed by atoms with E-state index >= 15 is 0 Å². The van der Waals surface area contributed by atoms with Gasteiger partial charge in [0.05, 0.1) is 12.2 Å². The summed E-state index contributed by atoms with van der Waals surface area (Å²) in [6.07, 6.45) is 13.3. The lowest BCUT2D eigenvalue weighted by atomic mass is 9.38. The minimum absolute atomic E-state index is 0.0525. The largest absolute Gasteiger partial charge is 0.390 e. The van der Waals surface area contributed by atoms with Crippen LogP contribution >= 0.6 is 0 Å². The molecular weight excluding hydrogens is 336 g/mol. The van der Waals surface area contributed by atoms with Crippen LogP contribution in [0.3, 0.4) is 0 Å². The third-order valence-electron chi connectivity index (χ3n) is 11.0. The number of fused-ring (bicyclic) bond motifs is 7. The van der Waals surface area contributed by atoms with Gasteiger partial charge in [0.25, 0.3) is 0 Å². The van der Waals surface area contributed by atoms with E-state index in [9.17, 15) is 10.2 Å². The molecule has 1 saturated heterocycles. The van der Waals surface area contributed by atoms with E-state index in [1.54, 1.807) is 0 Å². The molecular formula is C24H36O3. The molecule has 0 aromatic heterocycles. The van der Waals surface area contributed by atoms with Crippen LogP contribution in [0.25, 0.3) is 0 Å². The molecule has 7 aliphatic rings. The maximum absolute atomic E-state index is 11.0. The summed E-state index contributed by atoms with van der Waals surface area (Å²) in [4.78, 5) is 0. The molecule has 0 amide bonds. The Kier molecular flexibility index (Phi) is 3.53. The molecule has 6 aliphatic carbocycles. The summed E-state index contributed by atoms with van der Waals surface area (Å²) >= 11 is 0. The predicted molar refractivity (Wildman–Crippen MR) is 102 cm³/mol. The first-order valence-electron chi connectivity index (χ1n) is 12.3. The van der Waals surface area contributed by atoms with Crippen molar-refractivity contribution in [2.75, 3.05) is 0 Å². The molecule has 14 atom stereocenters. The Balaban J connectivity index is 1.34. The summed E-state index contributed by atoms with van der Waals surface area (Å²) < 4.78 is 6.06. The third kappa shape index (κ3) is 2.10. The van der Waals surface area contributed by atoms with Gasteiger partial charge in [-0.3, -0.25) is 0 Å². The van der Waals surface area contributed by atoms with Crippen LogP contribution in [0.5, 0.6) is 0 Å². The first-order chi connectivity index (χ1) is 13.2. The minimum Gasteiger partial charge on any atom is -0.390 e. The Hall–Kier alpha value is -0.120. The lowest BCUT2D eigenvalue weighted by Gasteiger charge is -2.66. The molecule has 27 heavy (non-hydrogen) atoms. The second-order valence-electron chi connectivity index (χ2n) is 11.6. The van der Waals surface area contributed by atoms with Crippen LogP contribution in [0.4, 0.5) is 0 Å². The van der Waals surface area contributed by atoms with Crippen molar-refractivity contribution in [2.45, 2.75) is 88.6 Å². The van der Waals surface area contributed by atoms with Gasteiger partial charge in [-0.2, -0.15) is 0 Å². The highest BCUT2D eigenvalue weighted by Crippen LogP contribution is 2.69. The number of ether oxygens (including phenoxy) is 1. The van der Waals surface area contributed by atoms with E-state index in [0.717, 1.165) is 47.3 Å². The van der Waals surface area contributed by atoms with Gasteiger partial charge in [-0.1, -0.05) is 25.7 Å². The fourth-order valence-electron chi connectivity index (χ4n) is 10.4. The van der Waals surface area contributed by atoms with E-state index in [2.05, 4.69) is 0 Å². The first kappa shape index (κ1) is 16.7. The molecule has 3 heteroatoms. The number of epoxide rings is 1. The molecule has 14 unspecified atom stereocenters. The molecule has 3 nitrogen and oxygen atoms in total. The lowest BCUT2D eigenvalue weighted by molar-refractivity contribution is -0.198. The fourth-order valence-corrected chi connectivity index (χ4v) is 10.4. The van der Waals surface area contributed by atoms with E-state index in [1.807, 2.05) is 0 Å². The van der Waals surface area contributed by atoms with Crippen LogP contribution in [0, 0.1) is 59.2 Å². The van der Waals surface area contributed by atoms with Crippen molar-refractivity contribution in [3.8, 4) is 0 Å². The molecule has 150 valence electrons. The summed E-state index contributed by atoms with van der Waals surface area (Å²) in [7, 11) is 0. The summed E-state index contributed by atoms with van der Waals surface area (Å²) in [6.45, 7) is 0. The highest BCUT2D eigenvalue weighted by atomic mass is 16.6. The summed E-state index contributed by atoms with van der Waals surface area (Å²) in [6, 6.07) is 0. The summed E-state index contributed by atoms with van der Waals surface area (Å²) in [5, 5.41) is 21.5. The molecule has 7 rings (SSSR count). The normalized spacial score (nSPS) is 66.0. The van der Waals surface area contributed by atoms with Gasteiger partial charge in [-0.15, -0.1) is 0 Å². The molecule has 6 saturated carbocycles. The second kappa shape index (κ2) is 5.73. The van der Waals surface area contributed by atoms with Crippen LogP contribution in [-0.4, -0.2) is 34.6 Å². The SMILES string of the molecule is OC1C(O)C2OC2C2C1CC1CCC3CCCC4C5CCCCC5C2C1C34. The van der Waals surface area contributed by atoms with Crippen molar-refractivity contribution >= 4 is 0 Å². The van der Waals surface area contributed by atoms with E-state index < -0.39 is 12.2 Å². The molecule has 7 fully saturated rings. The number of aliphatic hydroxyl groups excluding tert-OH is 2. The van der Waals surface area contributed by atoms with Crippen LogP contribution in [0.15, 0.2) is 0 Å². The van der Waals surface area contributed by atoms with Crippen LogP contribution < -0.4 is 0 Å². The average Bonchev–Trinajstić information content (AvgIpc) is 3.51. The molecule has 0 aromatic carbocycles. The fraction of sp³-hybridized carbons (Fsp3) is 1.00. The quantitative estimate of drug-likeness (QED) is 0.639. The van der Waals surface area contributed by atoms with Gasteiger partial charge in [0.2, 0.25) is 0 Å². The van der Waals surface area contributed by atoms with Gasteiger partial charge < -0.3 is 14.9 Å². The zero-order chi connectivity index (χ0) is 17.9. The zero-order valence-electron chi connectivity index (χ0n) is 16.5. The Labute approximate surface area is 163 Å².